The highest BCUT2D eigenvalue weighted by molar-refractivity contribution is 5.98. The first-order valence-electron chi connectivity index (χ1n) is 9.50. The number of aryl methyl sites for hydroxylation is 1. The molecule has 1 aliphatic heterocycles. The van der Waals surface area contributed by atoms with Crippen molar-refractivity contribution in [1.82, 2.24) is 20.5 Å². The number of nitrogens with zero attached hydrogens (tertiary/aromatic N) is 2. The van der Waals surface area contributed by atoms with Crippen molar-refractivity contribution in [1.29, 1.82) is 0 Å². The van der Waals surface area contributed by atoms with Crippen LogP contribution in [-0.2, 0) is 11.3 Å². The van der Waals surface area contributed by atoms with Crippen molar-refractivity contribution >= 4 is 11.8 Å². The highest BCUT2D eigenvalue weighted by atomic mass is 16.5. The molecular weight excluding hydrogens is 356 g/mol. The van der Waals surface area contributed by atoms with E-state index < -0.39 is 0 Å². The number of hydrogen-bond donors (Lipinski definition) is 2. The molecule has 28 heavy (non-hydrogen) atoms. The average Bonchev–Trinajstić information content (AvgIpc) is 2.74. The third kappa shape index (κ3) is 5.61. The Labute approximate surface area is 165 Å². The predicted octanol–water partition coefficient (Wildman–Crippen LogP) is 1.38. The second-order valence-electron chi connectivity index (χ2n) is 6.75. The van der Waals surface area contributed by atoms with Crippen LogP contribution >= 0.6 is 0 Å². The van der Waals surface area contributed by atoms with Gasteiger partial charge in [-0.25, -0.2) is 0 Å². The van der Waals surface area contributed by atoms with E-state index in [1.54, 1.807) is 6.07 Å². The van der Waals surface area contributed by atoms with Gasteiger partial charge in [0.1, 0.15) is 5.69 Å². The quantitative estimate of drug-likeness (QED) is 0.756. The van der Waals surface area contributed by atoms with Gasteiger partial charge in [0.15, 0.2) is 0 Å². The Bertz CT molecular complexity index is 819. The Hall–Kier alpha value is -2.77. The van der Waals surface area contributed by atoms with Gasteiger partial charge in [0, 0.05) is 44.5 Å². The molecule has 1 aliphatic rings. The number of amides is 2. The molecule has 0 unspecified atom stereocenters. The number of aromatic nitrogens is 1. The summed E-state index contributed by atoms with van der Waals surface area (Å²) in [5.41, 5.74) is 2.82. The van der Waals surface area contributed by atoms with Crippen molar-refractivity contribution in [3.8, 4) is 0 Å². The Morgan fingerprint density at radius 1 is 1.11 bits per heavy atom. The molecule has 0 bridgehead atoms. The summed E-state index contributed by atoms with van der Waals surface area (Å²) in [5.74, 6) is -0.505. The molecule has 0 saturated carbocycles. The lowest BCUT2D eigenvalue weighted by Gasteiger charge is -2.26. The fourth-order valence-corrected chi connectivity index (χ4v) is 3.02. The van der Waals surface area contributed by atoms with Crippen LogP contribution < -0.4 is 10.6 Å². The molecule has 3 rings (SSSR count). The van der Waals surface area contributed by atoms with E-state index in [1.807, 2.05) is 31.2 Å². The second-order valence-corrected chi connectivity index (χ2v) is 6.75. The molecule has 0 radical (unpaired) electrons. The van der Waals surface area contributed by atoms with Crippen molar-refractivity contribution in [3.63, 3.8) is 0 Å². The van der Waals surface area contributed by atoms with E-state index in [9.17, 15) is 9.59 Å². The lowest BCUT2D eigenvalue weighted by molar-refractivity contribution is 0.0383. The molecule has 2 amide bonds. The summed E-state index contributed by atoms with van der Waals surface area (Å²) in [5, 5.41) is 5.75. The van der Waals surface area contributed by atoms with Gasteiger partial charge in [0.05, 0.1) is 13.2 Å². The maximum Gasteiger partial charge on any atom is 0.270 e. The summed E-state index contributed by atoms with van der Waals surface area (Å²) in [7, 11) is 0. The molecule has 0 atom stereocenters. The summed E-state index contributed by atoms with van der Waals surface area (Å²) >= 11 is 0. The molecule has 7 nitrogen and oxygen atoms in total. The molecule has 1 aromatic heterocycles. The average molecular weight is 382 g/mol. The third-order valence-corrected chi connectivity index (χ3v) is 4.77. The van der Waals surface area contributed by atoms with Gasteiger partial charge < -0.3 is 15.4 Å². The van der Waals surface area contributed by atoms with E-state index in [-0.39, 0.29) is 17.5 Å². The van der Waals surface area contributed by atoms with E-state index >= 15 is 0 Å². The summed E-state index contributed by atoms with van der Waals surface area (Å²) in [6.45, 7) is 7.00. The first-order valence-corrected chi connectivity index (χ1v) is 9.50. The zero-order valence-electron chi connectivity index (χ0n) is 16.1. The van der Waals surface area contributed by atoms with Crippen molar-refractivity contribution in [2.45, 2.75) is 13.5 Å². The molecule has 7 heteroatoms. The molecule has 0 spiro atoms. The van der Waals surface area contributed by atoms with Gasteiger partial charge in [0.2, 0.25) is 0 Å². The lowest BCUT2D eigenvalue weighted by atomic mass is 10.1. The van der Waals surface area contributed by atoms with Crippen LogP contribution in [0.15, 0.2) is 42.6 Å². The Kier molecular flexibility index (Phi) is 7.11. The van der Waals surface area contributed by atoms with Crippen molar-refractivity contribution < 1.29 is 14.3 Å². The highest BCUT2D eigenvalue weighted by Gasteiger charge is 2.13. The molecule has 0 aliphatic carbocycles. The number of hydrogen-bond acceptors (Lipinski definition) is 5. The number of ether oxygens (including phenoxy) is 1. The Balaban J connectivity index is 1.51. The highest BCUT2D eigenvalue weighted by Crippen LogP contribution is 2.07. The monoisotopic (exact) mass is 382 g/mol. The predicted molar refractivity (Wildman–Crippen MR) is 106 cm³/mol. The maximum absolute atomic E-state index is 12.4. The number of benzene rings is 1. The topological polar surface area (TPSA) is 83.6 Å². The summed E-state index contributed by atoms with van der Waals surface area (Å²) in [6.07, 6.45) is 1.49. The molecule has 2 heterocycles. The van der Waals surface area contributed by atoms with Crippen LogP contribution in [0.4, 0.5) is 0 Å². The van der Waals surface area contributed by atoms with Gasteiger partial charge in [-0.3, -0.25) is 19.5 Å². The number of pyridine rings is 1. The first kappa shape index (κ1) is 20.0. The largest absolute Gasteiger partial charge is 0.379 e. The zero-order chi connectivity index (χ0) is 19.8. The molecular formula is C21H26N4O3. The van der Waals surface area contributed by atoms with Crippen LogP contribution in [0.5, 0.6) is 0 Å². The van der Waals surface area contributed by atoms with Gasteiger partial charge in [-0.2, -0.15) is 0 Å². The molecule has 1 aromatic carbocycles. The number of morpholine rings is 1. The number of nitrogens with one attached hydrogen (secondary N) is 2. The van der Waals surface area contributed by atoms with Crippen LogP contribution in [0.2, 0.25) is 0 Å². The minimum atomic E-state index is -0.300. The fourth-order valence-electron chi connectivity index (χ4n) is 3.02. The van der Waals surface area contributed by atoms with Gasteiger partial charge in [-0.15, -0.1) is 0 Å². The van der Waals surface area contributed by atoms with Gasteiger partial charge in [0.25, 0.3) is 11.8 Å². The Morgan fingerprint density at radius 3 is 2.68 bits per heavy atom. The first-order chi connectivity index (χ1) is 13.6. The van der Waals surface area contributed by atoms with Gasteiger partial charge in [-0.05, 0) is 30.2 Å². The smallest absolute Gasteiger partial charge is 0.270 e. The lowest BCUT2D eigenvalue weighted by Crippen LogP contribution is -2.41. The molecule has 1 saturated heterocycles. The van der Waals surface area contributed by atoms with Crippen molar-refractivity contribution in [2.75, 3.05) is 39.4 Å². The number of carbonyl (C=O) groups is 2. The van der Waals surface area contributed by atoms with Gasteiger partial charge in [-0.1, -0.05) is 24.3 Å². The minimum absolute atomic E-state index is 0.205. The normalized spacial score (nSPS) is 14.5. The van der Waals surface area contributed by atoms with E-state index in [0.29, 0.717) is 18.7 Å². The SMILES string of the molecule is Cc1ccccc1CNC(=O)c1cc(C(=O)NCCN2CCOCC2)ccn1. The van der Waals surface area contributed by atoms with Crippen LogP contribution in [0.3, 0.4) is 0 Å². The van der Waals surface area contributed by atoms with Crippen LogP contribution in [0.1, 0.15) is 32.0 Å². The van der Waals surface area contributed by atoms with E-state index in [0.717, 1.165) is 44.0 Å². The summed E-state index contributed by atoms with van der Waals surface area (Å²) in [6, 6.07) is 11.0. The number of rotatable bonds is 7. The third-order valence-electron chi connectivity index (χ3n) is 4.77. The minimum Gasteiger partial charge on any atom is -0.379 e. The van der Waals surface area contributed by atoms with E-state index in [2.05, 4.69) is 20.5 Å². The van der Waals surface area contributed by atoms with E-state index in [1.165, 1.54) is 12.3 Å². The maximum atomic E-state index is 12.4. The van der Waals surface area contributed by atoms with Gasteiger partial charge >= 0.3 is 0 Å². The van der Waals surface area contributed by atoms with Crippen LogP contribution in [0, 0.1) is 6.92 Å². The molecule has 2 N–H and O–H groups in total. The molecule has 148 valence electrons. The summed E-state index contributed by atoms with van der Waals surface area (Å²) in [4.78, 5) is 31.1. The van der Waals surface area contributed by atoms with E-state index in [4.69, 9.17) is 4.74 Å². The Morgan fingerprint density at radius 2 is 1.89 bits per heavy atom. The second kappa shape index (κ2) is 9.96. The fraction of sp³-hybridized carbons (Fsp3) is 0.381. The van der Waals surface area contributed by atoms with Crippen LogP contribution in [-0.4, -0.2) is 61.1 Å². The summed E-state index contributed by atoms with van der Waals surface area (Å²) < 4.78 is 5.31. The number of carbonyl (C=O) groups excluding carboxylic acids is 2. The van der Waals surface area contributed by atoms with Crippen LogP contribution in [0.25, 0.3) is 0 Å². The zero-order valence-corrected chi connectivity index (χ0v) is 16.1. The molecule has 1 fully saturated rings. The van der Waals surface area contributed by atoms with Crippen molar-refractivity contribution in [3.05, 3.63) is 65.0 Å². The van der Waals surface area contributed by atoms with Crippen molar-refractivity contribution in [2.24, 2.45) is 0 Å². The standard InChI is InChI=1S/C21H26N4O3/c1-16-4-2-3-5-18(16)15-24-21(27)19-14-17(6-7-22-19)20(26)23-8-9-25-10-12-28-13-11-25/h2-7,14H,8-13,15H2,1H3,(H,23,26)(H,24,27). The molecule has 2 aromatic rings.